The van der Waals surface area contributed by atoms with Gasteiger partial charge in [0.05, 0.1) is 16.4 Å². The fourth-order valence-electron chi connectivity index (χ4n) is 3.06. The van der Waals surface area contributed by atoms with Crippen LogP contribution < -0.4 is 5.32 Å². The van der Waals surface area contributed by atoms with Crippen molar-refractivity contribution in [3.05, 3.63) is 53.6 Å². The van der Waals surface area contributed by atoms with Crippen molar-refractivity contribution in [2.45, 2.75) is 32.1 Å². The Kier molecular flexibility index (Phi) is 2.98. The topological polar surface area (TPSA) is 70.7 Å². The number of aromatic nitrogens is 3. The molecular weight excluding hydrogens is 288 g/mol. The minimum Gasteiger partial charge on any atom is -0.342 e. The van der Waals surface area contributed by atoms with Crippen molar-refractivity contribution in [2.24, 2.45) is 0 Å². The molecule has 0 aliphatic carbocycles. The number of hydrogen-bond acceptors (Lipinski definition) is 3. The maximum atomic E-state index is 12.0. The zero-order valence-electron chi connectivity index (χ0n) is 13.2. The van der Waals surface area contributed by atoms with Crippen LogP contribution >= 0.6 is 0 Å². The summed E-state index contributed by atoms with van der Waals surface area (Å²) in [5, 5.41) is 2.95. The van der Waals surface area contributed by atoms with Crippen molar-refractivity contribution in [1.82, 2.24) is 15.0 Å². The molecule has 1 amide bonds. The van der Waals surface area contributed by atoms with E-state index < -0.39 is 5.41 Å². The van der Waals surface area contributed by atoms with Crippen LogP contribution in [-0.4, -0.2) is 20.9 Å². The molecule has 0 fully saturated rings. The molecule has 2 N–H and O–H groups in total. The van der Waals surface area contributed by atoms with Crippen molar-refractivity contribution in [1.29, 1.82) is 0 Å². The van der Waals surface area contributed by atoms with Gasteiger partial charge in [-0.1, -0.05) is 6.07 Å². The monoisotopic (exact) mass is 306 g/mol. The van der Waals surface area contributed by atoms with E-state index in [2.05, 4.69) is 26.3 Å². The molecule has 0 spiro atoms. The second kappa shape index (κ2) is 4.91. The average molecular weight is 306 g/mol. The molecule has 116 valence electrons. The summed E-state index contributed by atoms with van der Waals surface area (Å²) in [4.78, 5) is 24.2. The Morgan fingerprint density at radius 1 is 1.22 bits per heavy atom. The molecule has 0 atom stereocenters. The van der Waals surface area contributed by atoms with E-state index in [4.69, 9.17) is 0 Å². The fourth-order valence-corrected chi connectivity index (χ4v) is 3.06. The Morgan fingerprint density at radius 3 is 2.87 bits per heavy atom. The van der Waals surface area contributed by atoms with Crippen molar-refractivity contribution in [3.8, 4) is 0 Å². The van der Waals surface area contributed by atoms with Crippen LogP contribution in [0.1, 0.15) is 30.8 Å². The fraction of sp³-hybridized carbons (Fsp3) is 0.278. The lowest BCUT2D eigenvalue weighted by Crippen LogP contribution is -2.26. The number of fused-ring (bicyclic) bond motifs is 2. The Morgan fingerprint density at radius 2 is 2.09 bits per heavy atom. The lowest BCUT2D eigenvalue weighted by molar-refractivity contribution is -0.119. The van der Waals surface area contributed by atoms with Crippen LogP contribution in [0.4, 0.5) is 5.69 Å². The van der Waals surface area contributed by atoms with E-state index in [9.17, 15) is 4.79 Å². The number of aromatic amines is 1. The van der Waals surface area contributed by atoms with Crippen LogP contribution in [0.3, 0.4) is 0 Å². The maximum Gasteiger partial charge on any atom is 0.234 e. The first-order valence-corrected chi connectivity index (χ1v) is 7.77. The maximum absolute atomic E-state index is 12.0. The predicted molar refractivity (Wildman–Crippen MR) is 89.4 cm³/mol. The number of aryl methyl sites for hydroxylation is 2. The summed E-state index contributed by atoms with van der Waals surface area (Å²) in [6.45, 7) is 3.89. The Labute approximate surface area is 134 Å². The van der Waals surface area contributed by atoms with Gasteiger partial charge in [-0.15, -0.1) is 0 Å². The molecule has 3 heterocycles. The van der Waals surface area contributed by atoms with Crippen LogP contribution in [0.2, 0.25) is 0 Å². The number of amides is 1. The first kappa shape index (κ1) is 13.9. The predicted octanol–water partition coefficient (Wildman–Crippen LogP) is 2.97. The highest BCUT2D eigenvalue weighted by Crippen LogP contribution is 2.39. The Hall–Kier alpha value is -2.69. The highest BCUT2D eigenvalue weighted by Gasteiger charge is 2.38. The van der Waals surface area contributed by atoms with Gasteiger partial charge < -0.3 is 10.3 Å². The van der Waals surface area contributed by atoms with Crippen LogP contribution in [0.25, 0.3) is 11.0 Å². The molecule has 5 heteroatoms. The van der Waals surface area contributed by atoms with Crippen molar-refractivity contribution >= 4 is 22.6 Å². The van der Waals surface area contributed by atoms with Crippen LogP contribution in [0, 0.1) is 0 Å². The number of imidazole rings is 1. The van der Waals surface area contributed by atoms with E-state index in [1.54, 1.807) is 6.20 Å². The van der Waals surface area contributed by atoms with Gasteiger partial charge in [-0.05, 0) is 49.6 Å². The highest BCUT2D eigenvalue weighted by atomic mass is 16.2. The number of benzene rings is 1. The Bertz CT molecular complexity index is 896. The van der Waals surface area contributed by atoms with E-state index in [0.717, 1.165) is 41.0 Å². The van der Waals surface area contributed by atoms with Crippen molar-refractivity contribution in [2.75, 3.05) is 5.32 Å². The number of rotatable bonds is 3. The summed E-state index contributed by atoms with van der Waals surface area (Å²) >= 11 is 0. The lowest BCUT2D eigenvalue weighted by Gasteiger charge is -2.14. The summed E-state index contributed by atoms with van der Waals surface area (Å²) in [6, 6.07) is 8.02. The molecule has 23 heavy (non-hydrogen) atoms. The molecular formula is C18H18N4O. The lowest BCUT2D eigenvalue weighted by atomic mass is 9.86. The normalized spacial score (nSPS) is 15.7. The number of hydrogen-bond donors (Lipinski definition) is 2. The van der Waals surface area contributed by atoms with Crippen LogP contribution in [0.15, 0.2) is 36.7 Å². The third kappa shape index (κ3) is 2.29. The second-order valence-electron chi connectivity index (χ2n) is 6.54. The van der Waals surface area contributed by atoms with Gasteiger partial charge in [0.25, 0.3) is 0 Å². The molecule has 2 aromatic heterocycles. The highest BCUT2D eigenvalue weighted by molar-refractivity contribution is 6.07. The molecule has 0 unspecified atom stereocenters. The number of anilines is 1. The number of nitrogens with one attached hydrogen (secondary N) is 2. The number of carbonyl (C=O) groups is 1. The summed E-state index contributed by atoms with van der Waals surface area (Å²) in [5.74, 6) is 0.994. The smallest absolute Gasteiger partial charge is 0.234 e. The summed E-state index contributed by atoms with van der Waals surface area (Å²) in [6.07, 6.45) is 5.40. The number of H-pyrrole nitrogens is 1. The SMILES string of the molecule is CC1(C)C(=O)Nc2cc3nc(CCc4cccnc4)[nH]c3cc21. The van der Waals surface area contributed by atoms with Gasteiger partial charge in [0.2, 0.25) is 5.91 Å². The van der Waals surface area contributed by atoms with Gasteiger partial charge in [-0.2, -0.15) is 0 Å². The molecule has 1 aromatic carbocycles. The van der Waals surface area contributed by atoms with E-state index >= 15 is 0 Å². The van der Waals surface area contributed by atoms with Crippen LogP contribution in [0.5, 0.6) is 0 Å². The van der Waals surface area contributed by atoms with E-state index in [-0.39, 0.29) is 5.91 Å². The molecule has 0 radical (unpaired) electrons. The number of nitrogens with zero attached hydrogens (tertiary/aromatic N) is 2. The molecule has 0 saturated heterocycles. The molecule has 0 saturated carbocycles. The minimum atomic E-state index is -0.496. The first-order chi connectivity index (χ1) is 11.0. The molecule has 0 bridgehead atoms. The second-order valence-corrected chi connectivity index (χ2v) is 6.54. The zero-order chi connectivity index (χ0) is 16.0. The van der Waals surface area contributed by atoms with E-state index in [1.807, 2.05) is 38.2 Å². The summed E-state index contributed by atoms with van der Waals surface area (Å²) < 4.78 is 0. The standard InChI is InChI=1S/C18H18N4O/c1-18(2)12-8-14-15(9-13(12)22-17(18)23)21-16(20-14)6-5-11-4-3-7-19-10-11/h3-4,7-10H,5-6H2,1-2H3,(H,20,21)(H,22,23). The number of pyridine rings is 1. The average Bonchev–Trinajstić information content (AvgIpc) is 3.03. The molecule has 1 aliphatic heterocycles. The van der Waals surface area contributed by atoms with Crippen molar-refractivity contribution < 1.29 is 4.79 Å². The Balaban J connectivity index is 1.64. The number of carbonyl (C=O) groups excluding carboxylic acids is 1. The minimum absolute atomic E-state index is 0.0388. The van der Waals surface area contributed by atoms with Gasteiger partial charge in [0, 0.05) is 24.5 Å². The quantitative estimate of drug-likeness (QED) is 0.781. The van der Waals surface area contributed by atoms with Gasteiger partial charge in [0.15, 0.2) is 0 Å². The molecule has 5 nitrogen and oxygen atoms in total. The van der Waals surface area contributed by atoms with Gasteiger partial charge >= 0.3 is 0 Å². The van der Waals surface area contributed by atoms with Gasteiger partial charge in [0.1, 0.15) is 5.82 Å². The van der Waals surface area contributed by atoms with Gasteiger partial charge in [-0.3, -0.25) is 9.78 Å². The zero-order valence-corrected chi connectivity index (χ0v) is 13.2. The molecule has 1 aliphatic rings. The van der Waals surface area contributed by atoms with E-state index in [1.165, 1.54) is 5.56 Å². The largest absolute Gasteiger partial charge is 0.342 e. The molecule has 4 rings (SSSR count). The third-order valence-corrected chi connectivity index (χ3v) is 4.53. The van der Waals surface area contributed by atoms with Gasteiger partial charge in [-0.25, -0.2) is 4.98 Å². The third-order valence-electron chi connectivity index (χ3n) is 4.53. The summed E-state index contributed by atoms with van der Waals surface area (Å²) in [7, 11) is 0. The molecule has 3 aromatic rings. The van der Waals surface area contributed by atoms with Crippen molar-refractivity contribution in [3.63, 3.8) is 0 Å². The summed E-state index contributed by atoms with van der Waals surface area (Å²) in [5.41, 5.74) is 4.47. The van der Waals surface area contributed by atoms with Crippen LogP contribution in [-0.2, 0) is 23.1 Å². The van der Waals surface area contributed by atoms with E-state index in [0.29, 0.717) is 0 Å². The first-order valence-electron chi connectivity index (χ1n) is 7.77.